The normalized spacial score (nSPS) is 20.1. The van der Waals surface area contributed by atoms with Crippen LogP contribution < -0.4 is 4.74 Å². The molecule has 0 amide bonds. The molecule has 178 valence electrons. The minimum Gasteiger partial charge on any atom is -0.489 e. The second-order valence-corrected chi connectivity index (χ2v) is 9.18. The Labute approximate surface area is 193 Å². The lowest BCUT2D eigenvalue weighted by Gasteiger charge is -2.18. The fourth-order valence-electron chi connectivity index (χ4n) is 5.39. The monoisotopic (exact) mass is 471 g/mol. The number of hydrogen-bond acceptors (Lipinski definition) is 3. The molecule has 0 unspecified atom stereocenters. The SMILES string of the molecule is O=C(O)C[C@H]1CCc2c1[nH]c1ccc(OCc3ccc([C@H]4CCCC4=O)c(C(F)(F)F)c3)cc21. The molecule has 0 saturated heterocycles. The number of aromatic amines is 1. The van der Waals surface area contributed by atoms with E-state index in [0.29, 0.717) is 30.6 Å². The van der Waals surface area contributed by atoms with E-state index in [-0.39, 0.29) is 30.3 Å². The van der Waals surface area contributed by atoms with Gasteiger partial charge in [0.15, 0.2) is 0 Å². The van der Waals surface area contributed by atoms with E-state index in [0.717, 1.165) is 41.1 Å². The maximum absolute atomic E-state index is 13.8. The van der Waals surface area contributed by atoms with Crippen molar-refractivity contribution < 1.29 is 32.6 Å². The largest absolute Gasteiger partial charge is 0.489 e. The van der Waals surface area contributed by atoms with E-state index in [1.165, 1.54) is 6.07 Å². The third-order valence-electron chi connectivity index (χ3n) is 6.99. The number of carbonyl (C=O) groups excluding carboxylic acids is 1. The summed E-state index contributed by atoms with van der Waals surface area (Å²) in [5, 5.41) is 10.1. The van der Waals surface area contributed by atoms with E-state index in [1.54, 1.807) is 12.1 Å². The Morgan fingerprint density at radius 2 is 1.94 bits per heavy atom. The first-order valence-corrected chi connectivity index (χ1v) is 11.4. The number of H-pyrrole nitrogens is 1. The summed E-state index contributed by atoms with van der Waals surface area (Å²) in [7, 11) is 0. The van der Waals surface area contributed by atoms with Gasteiger partial charge in [-0.25, -0.2) is 0 Å². The fraction of sp³-hybridized carbons (Fsp3) is 0.385. The number of carboxylic acid groups (broad SMARTS) is 1. The lowest BCUT2D eigenvalue weighted by atomic mass is 9.90. The average molecular weight is 471 g/mol. The lowest BCUT2D eigenvalue weighted by molar-refractivity contribution is -0.139. The number of nitrogens with one attached hydrogen (secondary N) is 1. The van der Waals surface area contributed by atoms with Crippen molar-refractivity contribution in [1.82, 2.24) is 4.98 Å². The Bertz CT molecular complexity index is 1280. The first kappa shape index (κ1) is 22.5. The summed E-state index contributed by atoms with van der Waals surface area (Å²) in [6.45, 7) is -0.0399. The summed E-state index contributed by atoms with van der Waals surface area (Å²) in [5.41, 5.74) is 2.58. The van der Waals surface area contributed by atoms with Gasteiger partial charge < -0.3 is 14.8 Å². The molecular weight excluding hydrogens is 447 g/mol. The second-order valence-electron chi connectivity index (χ2n) is 9.18. The van der Waals surface area contributed by atoms with Crippen LogP contribution in [0.5, 0.6) is 5.75 Å². The molecule has 1 saturated carbocycles. The van der Waals surface area contributed by atoms with Gasteiger partial charge in [0.1, 0.15) is 18.1 Å². The smallest absolute Gasteiger partial charge is 0.416 e. The molecule has 34 heavy (non-hydrogen) atoms. The number of benzene rings is 2. The van der Waals surface area contributed by atoms with Crippen LogP contribution in [0.3, 0.4) is 0 Å². The third-order valence-corrected chi connectivity index (χ3v) is 6.99. The zero-order valence-electron chi connectivity index (χ0n) is 18.4. The highest BCUT2D eigenvalue weighted by Crippen LogP contribution is 2.42. The topological polar surface area (TPSA) is 79.4 Å². The van der Waals surface area contributed by atoms with Crippen LogP contribution in [0.25, 0.3) is 10.9 Å². The Hall–Kier alpha value is -3.29. The predicted octanol–water partition coefficient (Wildman–Crippen LogP) is 6.11. The number of rotatable bonds is 6. The van der Waals surface area contributed by atoms with Gasteiger partial charge in [0, 0.05) is 34.9 Å². The Morgan fingerprint density at radius 1 is 1.12 bits per heavy atom. The van der Waals surface area contributed by atoms with Gasteiger partial charge in [0.2, 0.25) is 0 Å². The molecule has 1 aromatic heterocycles. The van der Waals surface area contributed by atoms with E-state index in [9.17, 15) is 22.8 Å². The van der Waals surface area contributed by atoms with Crippen LogP contribution in [0.1, 0.15) is 71.9 Å². The highest BCUT2D eigenvalue weighted by molar-refractivity contribution is 5.88. The van der Waals surface area contributed by atoms with Crippen molar-refractivity contribution in [2.24, 2.45) is 0 Å². The van der Waals surface area contributed by atoms with E-state index >= 15 is 0 Å². The van der Waals surface area contributed by atoms with Crippen molar-refractivity contribution in [3.63, 3.8) is 0 Å². The van der Waals surface area contributed by atoms with Crippen LogP contribution in [0.2, 0.25) is 0 Å². The molecule has 0 radical (unpaired) electrons. The molecule has 1 fully saturated rings. The fourth-order valence-corrected chi connectivity index (χ4v) is 5.39. The molecule has 0 bridgehead atoms. The Morgan fingerprint density at radius 3 is 2.65 bits per heavy atom. The van der Waals surface area contributed by atoms with Crippen molar-refractivity contribution >= 4 is 22.7 Å². The second kappa shape index (κ2) is 8.49. The predicted molar refractivity (Wildman–Crippen MR) is 119 cm³/mol. The van der Waals surface area contributed by atoms with Crippen molar-refractivity contribution in [2.75, 3.05) is 0 Å². The van der Waals surface area contributed by atoms with Gasteiger partial charge in [-0.2, -0.15) is 13.2 Å². The molecule has 0 spiro atoms. The average Bonchev–Trinajstić information content (AvgIpc) is 3.47. The molecule has 0 aliphatic heterocycles. The molecule has 1 heterocycles. The van der Waals surface area contributed by atoms with Crippen LogP contribution in [-0.4, -0.2) is 21.8 Å². The number of aromatic nitrogens is 1. The number of fused-ring (bicyclic) bond motifs is 3. The van der Waals surface area contributed by atoms with E-state index in [4.69, 9.17) is 9.84 Å². The van der Waals surface area contributed by atoms with Gasteiger partial charge in [-0.1, -0.05) is 12.1 Å². The Balaban J connectivity index is 1.37. The minimum absolute atomic E-state index is 0.0399. The molecule has 2 aliphatic carbocycles. The summed E-state index contributed by atoms with van der Waals surface area (Å²) in [4.78, 5) is 26.5. The van der Waals surface area contributed by atoms with Gasteiger partial charge in [-0.05, 0) is 66.6 Å². The number of Topliss-reactive ketones (excluding diaryl/α,β-unsaturated/α-hetero) is 1. The summed E-state index contributed by atoms with van der Waals surface area (Å²) >= 11 is 0. The van der Waals surface area contributed by atoms with Gasteiger partial charge in [-0.3, -0.25) is 9.59 Å². The number of ether oxygens (including phenoxy) is 1. The van der Waals surface area contributed by atoms with Gasteiger partial charge in [0.25, 0.3) is 0 Å². The summed E-state index contributed by atoms with van der Waals surface area (Å²) in [5.74, 6) is -1.17. The maximum atomic E-state index is 13.8. The first-order chi connectivity index (χ1) is 16.2. The number of halogens is 3. The van der Waals surface area contributed by atoms with E-state index < -0.39 is 23.6 Å². The standard InChI is InChI=1S/C26H24F3NO4/c27-26(28,29)21-10-14(4-7-17(21)18-2-1-3-23(18)31)13-34-16-6-9-22-20(12-16)19-8-5-15(11-24(32)33)25(19)30-22/h4,6-7,9-10,12,15,18,30H,1-3,5,8,11,13H2,(H,32,33)/t15-,18-/m1/s1. The van der Waals surface area contributed by atoms with Crippen LogP contribution in [0.4, 0.5) is 13.2 Å². The summed E-state index contributed by atoms with van der Waals surface area (Å²) < 4.78 is 47.1. The zero-order valence-corrected chi connectivity index (χ0v) is 18.4. The molecule has 2 aromatic carbocycles. The number of aliphatic carboxylic acids is 1. The molecule has 5 rings (SSSR count). The van der Waals surface area contributed by atoms with E-state index in [1.807, 2.05) is 12.1 Å². The molecule has 2 atom stereocenters. The van der Waals surface area contributed by atoms with Crippen molar-refractivity contribution in [3.8, 4) is 5.75 Å². The molecule has 3 aromatic rings. The first-order valence-electron chi connectivity index (χ1n) is 11.4. The highest BCUT2D eigenvalue weighted by Gasteiger charge is 2.38. The van der Waals surface area contributed by atoms with Crippen molar-refractivity contribution in [2.45, 2.75) is 63.1 Å². The number of carboxylic acids is 1. The third kappa shape index (κ3) is 4.17. The van der Waals surface area contributed by atoms with Crippen molar-refractivity contribution in [1.29, 1.82) is 0 Å². The Kier molecular flexibility index (Phi) is 5.62. The summed E-state index contributed by atoms with van der Waals surface area (Å²) in [6.07, 6.45) is -1.54. The van der Waals surface area contributed by atoms with Gasteiger partial charge >= 0.3 is 12.1 Å². The number of aryl methyl sites for hydroxylation is 1. The van der Waals surface area contributed by atoms with Gasteiger partial charge in [-0.15, -0.1) is 0 Å². The van der Waals surface area contributed by atoms with E-state index in [2.05, 4.69) is 4.98 Å². The molecular formula is C26H24F3NO4. The van der Waals surface area contributed by atoms with Crippen LogP contribution in [0.15, 0.2) is 36.4 Å². The zero-order chi connectivity index (χ0) is 24.0. The number of carbonyl (C=O) groups is 2. The van der Waals surface area contributed by atoms with Crippen LogP contribution in [-0.2, 0) is 28.8 Å². The van der Waals surface area contributed by atoms with Gasteiger partial charge in [0.05, 0.1) is 12.0 Å². The maximum Gasteiger partial charge on any atom is 0.416 e. The number of ketones is 1. The molecule has 2 aliphatic rings. The molecule has 5 nitrogen and oxygen atoms in total. The van der Waals surface area contributed by atoms with Crippen LogP contribution in [0, 0.1) is 0 Å². The number of alkyl halides is 3. The number of hydrogen-bond donors (Lipinski definition) is 2. The quantitative estimate of drug-likeness (QED) is 0.455. The molecule has 2 N–H and O–H groups in total. The minimum atomic E-state index is -4.55. The lowest BCUT2D eigenvalue weighted by Crippen LogP contribution is -2.15. The summed E-state index contributed by atoms with van der Waals surface area (Å²) in [6, 6.07) is 9.54. The molecule has 8 heteroatoms. The highest BCUT2D eigenvalue weighted by atomic mass is 19.4. The van der Waals surface area contributed by atoms with Crippen LogP contribution >= 0.6 is 0 Å². The van der Waals surface area contributed by atoms with Crippen molar-refractivity contribution in [3.05, 3.63) is 64.3 Å².